The first-order chi connectivity index (χ1) is 12.2. The fourth-order valence-corrected chi connectivity index (χ4v) is 3.91. The van der Waals surface area contributed by atoms with Gasteiger partial charge in [-0.2, -0.15) is 5.10 Å². The highest BCUT2D eigenvalue weighted by atomic mass is 35.5. The van der Waals surface area contributed by atoms with Crippen molar-refractivity contribution in [2.75, 3.05) is 6.61 Å². The molecule has 2 aromatic rings. The normalized spacial score (nSPS) is 25.2. The van der Waals surface area contributed by atoms with Crippen LogP contribution in [0.4, 0.5) is 0 Å². The van der Waals surface area contributed by atoms with E-state index in [4.69, 9.17) is 25.6 Å². The Balaban J connectivity index is 1.82. The minimum Gasteiger partial charge on any atom is -0.399 e. The van der Waals surface area contributed by atoms with Gasteiger partial charge in [-0.25, -0.2) is 4.68 Å². The number of halogens is 1. The molecule has 0 bridgehead atoms. The summed E-state index contributed by atoms with van der Waals surface area (Å²) in [6, 6.07) is 2.08. The number of aryl methyl sites for hydroxylation is 1. The highest BCUT2D eigenvalue weighted by Gasteiger charge is 2.53. The SMILES string of the molecule is Cc1cc2c(cnn2C2CCCCO2)c(B2OC(C)(C)C(C)(C)O2)c1Cl. The standard InChI is InChI=1S/C19H26BClN2O3/c1-12-10-14-13(11-22-23(14)15-8-6-7-9-24-15)16(17(12)21)20-25-18(2,3)19(4,5)26-20/h10-11,15H,6-9H2,1-5H3. The number of hydrogen-bond donors (Lipinski definition) is 0. The van der Waals surface area contributed by atoms with Gasteiger partial charge in [-0.1, -0.05) is 11.6 Å². The largest absolute Gasteiger partial charge is 0.497 e. The molecule has 0 N–H and O–H groups in total. The van der Waals surface area contributed by atoms with Gasteiger partial charge in [-0.3, -0.25) is 0 Å². The minimum atomic E-state index is -0.514. The van der Waals surface area contributed by atoms with E-state index in [2.05, 4.69) is 11.2 Å². The van der Waals surface area contributed by atoms with Crippen LogP contribution < -0.4 is 5.46 Å². The maximum atomic E-state index is 6.71. The van der Waals surface area contributed by atoms with Gasteiger partial charge in [-0.15, -0.1) is 0 Å². The maximum Gasteiger partial charge on any atom is 0.497 e. The van der Waals surface area contributed by atoms with Crippen molar-refractivity contribution in [3.05, 3.63) is 22.8 Å². The zero-order valence-corrected chi connectivity index (χ0v) is 16.9. The van der Waals surface area contributed by atoms with Gasteiger partial charge in [0.05, 0.1) is 22.9 Å². The Morgan fingerprint density at radius 3 is 2.50 bits per heavy atom. The van der Waals surface area contributed by atoms with Gasteiger partial charge in [-0.05, 0) is 65.5 Å². The third-order valence-electron chi connectivity index (χ3n) is 5.98. The molecule has 2 saturated heterocycles. The predicted octanol–water partition coefficient (Wildman–Crippen LogP) is 4.00. The Kier molecular flexibility index (Phi) is 4.38. The molecule has 4 rings (SSSR count). The van der Waals surface area contributed by atoms with E-state index in [-0.39, 0.29) is 6.23 Å². The molecule has 0 aliphatic carbocycles. The van der Waals surface area contributed by atoms with Gasteiger partial charge >= 0.3 is 7.12 Å². The lowest BCUT2D eigenvalue weighted by molar-refractivity contribution is -0.0366. The molecule has 2 aliphatic heterocycles. The van der Waals surface area contributed by atoms with Crippen LogP contribution in [0.3, 0.4) is 0 Å². The summed E-state index contributed by atoms with van der Waals surface area (Å²) < 4.78 is 20.5. The summed E-state index contributed by atoms with van der Waals surface area (Å²) in [5.74, 6) is 0. The molecular weight excluding hydrogens is 350 g/mol. The van der Waals surface area contributed by atoms with E-state index in [0.717, 1.165) is 47.8 Å². The molecule has 0 saturated carbocycles. The molecule has 0 radical (unpaired) electrons. The topological polar surface area (TPSA) is 45.5 Å². The summed E-state index contributed by atoms with van der Waals surface area (Å²) in [6.45, 7) is 11.0. The average molecular weight is 377 g/mol. The van der Waals surface area contributed by atoms with E-state index in [1.165, 1.54) is 0 Å². The molecule has 1 atom stereocenters. The van der Waals surface area contributed by atoms with E-state index in [9.17, 15) is 0 Å². The molecule has 1 aromatic heterocycles. The van der Waals surface area contributed by atoms with Crippen molar-refractivity contribution in [1.82, 2.24) is 9.78 Å². The summed E-state index contributed by atoms with van der Waals surface area (Å²) in [6.07, 6.45) is 5.08. The highest BCUT2D eigenvalue weighted by Crippen LogP contribution is 2.38. The molecule has 0 amide bonds. The Labute approximate surface area is 160 Å². The van der Waals surface area contributed by atoms with Crippen LogP contribution in [0.1, 0.15) is 58.7 Å². The van der Waals surface area contributed by atoms with Gasteiger partial charge in [0.2, 0.25) is 0 Å². The van der Waals surface area contributed by atoms with Crippen LogP contribution in [0.25, 0.3) is 10.9 Å². The van der Waals surface area contributed by atoms with Crippen LogP contribution >= 0.6 is 11.6 Å². The number of aromatic nitrogens is 2. The van der Waals surface area contributed by atoms with Crippen molar-refractivity contribution >= 4 is 35.1 Å². The average Bonchev–Trinajstić information content (AvgIpc) is 3.07. The molecular formula is C19H26BClN2O3. The number of rotatable bonds is 2. The quantitative estimate of drug-likeness (QED) is 0.743. The molecule has 26 heavy (non-hydrogen) atoms. The van der Waals surface area contributed by atoms with Crippen molar-refractivity contribution in [1.29, 1.82) is 0 Å². The van der Waals surface area contributed by atoms with Crippen LogP contribution in [-0.4, -0.2) is 34.7 Å². The van der Waals surface area contributed by atoms with E-state index in [1.807, 2.05) is 45.5 Å². The first-order valence-electron chi connectivity index (χ1n) is 9.35. The van der Waals surface area contributed by atoms with Crippen molar-refractivity contribution in [2.24, 2.45) is 0 Å². The van der Waals surface area contributed by atoms with Crippen LogP contribution in [0, 0.1) is 6.92 Å². The lowest BCUT2D eigenvalue weighted by Gasteiger charge is -2.32. The van der Waals surface area contributed by atoms with Crippen LogP contribution in [0.5, 0.6) is 0 Å². The lowest BCUT2D eigenvalue weighted by atomic mass is 9.76. The zero-order chi connectivity index (χ0) is 18.7. The smallest absolute Gasteiger partial charge is 0.399 e. The number of fused-ring (bicyclic) bond motifs is 1. The summed E-state index contributed by atoms with van der Waals surface area (Å²) in [4.78, 5) is 0. The second-order valence-electron chi connectivity index (χ2n) is 8.35. The molecule has 5 nitrogen and oxygen atoms in total. The van der Waals surface area contributed by atoms with Crippen molar-refractivity contribution in [3.8, 4) is 0 Å². The van der Waals surface area contributed by atoms with Crippen molar-refractivity contribution in [3.63, 3.8) is 0 Å². The Hall–Kier alpha value is -1.08. The second-order valence-corrected chi connectivity index (χ2v) is 8.73. The highest BCUT2D eigenvalue weighted by molar-refractivity contribution is 6.68. The van der Waals surface area contributed by atoms with Gasteiger partial charge in [0.25, 0.3) is 0 Å². The number of nitrogens with zero attached hydrogens (tertiary/aromatic N) is 2. The van der Waals surface area contributed by atoms with Gasteiger partial charge in [0.15, 0.2) is 6.23 Å². The first-order valence-corrected chi connectivity index (χ1v) is 9.72. The molecule has 1 aromatic carbocycles. The first kappa shape index (κ1) is 18.3. The van der Waals surface area contributed by atoms with Gasteiger partial charge in [0.1, 0.15) is 0 Å². The lowest BCUT2D eigenvalue weighted by Crippen LogP contribution is -2.41. The zero-order valence-electron chi connectivity index (χ0n) is 16.1. The van der Waals surface area contributed by atoms with Crippen LogP contribution in [0.15, 0.2) is 12.3 Å². The molecule has 140 valence electrons. The van der Waals surface area contributed by atoms with Crippen molar-refractivity contribution in [2.45, 2.75) is 71.3 Å². The summed E-state index contributed by atoms with van der Waals surface area (Å²) >= 11 is 6.71. The van der Waals surface area contributed by atoms with Crippen molar-refractivity contribution < 1.29 is 14.0 Å². The third kappa shape index (κ3) is 2.78. The van der Waals surface area contributed by atoms with E-state index in [0.29, 0.717) is 5.02 Å². The van der Waals surface area contributed by atoms with Crippen LogP contribution in [0.2, 0.25) is 5.02 Å². The van der Waals surface area contributed by atoms with Gasteiger partial charge < -0.3 is 14.0 Å². The molecule has 2 fully saturated rings. The van der Waals surface area contributed by atoms with Gasteiger partial charge in [0, 0.05) is 22.5 Å². The fourth-order valence-electron chi connectivity index (χ4n) is 3.66. The summed E-state index contributed by atoms with van der Waals surface area (Å²) in [5.41, 5.74) is 2.03. The fraction of sp³-hybridized carbons (Fsp3) is 0.632. The Bertz CT molecular complexity index is 827. The Morgan fingerprint density at radius 1 is 1.19 bits per heavy atom. The van der Waals surface area contributed by atoms with E-state index >= 15 is 0 Å². The predicted molar refractivity (Wildman–Crippen MR) is 104 cm³/mol. The number of hydrogen-bond acceptors (Lipinski definition) is 4. The summed E-state index contributed by atoms with van der Waals surface area (Å²) in [5, 5.41) is 6.27. The maximum absolute atomic E-state index is 6.71. The second kappa shape index (κ2) is 6.23. The van der Waals surface area contributed by atoms with Crippen LogP contribution in [-0.2, 0) is 14.0 Å². The monoisotopic (exact) mass is 376 g/mol. The molecule has 0 spiro atoms. The third-order valence-corrected chi connectivity index (χ3v) is 6.48. The molecule has 2 aliphatic rings. The Morgan fingerprint density at radius 2 is 1.88 bits per heavy atom. The van der Waals surface area contributed by atoms with E-state index in [1.54, 1.807) is 0 Å². The number of ether oxygens (including phenoxy) is 1. The molecule has 7 heteroatoms. The summed E-state index contributed by atoms with van der Waals surface area (Å²) in [7, 11) is -0.514. The number of benzene rings is 1. The molecule has 1 unspecified atom stereocenters. The minimum absolute atomic E-state index is 0.0204. The molecule has 3 heterocycles. The van der Waals surface area contributed by atoms with E-state index < -0.39 is 18.3 Å².